The molecule has 0 heterocycles. The Bertz CT molecular complexity index is 930. The van der Waals surface area contributed by atoms with E-state index in [0.717, 1.165) is 34.7 Å². The molecule has 0 fully saturated rings. The first-order chi connectivity index (χ1) is 14.1. The van der Waals surface area contributed by atoms with Gasteiger partial charge in [0, 0.05) is 18.1 Å². The number of amides is 1. The molecule has 0 unspecified atom stereocenters. The van der Waals surface area contributed by atoms with E-state index in [1.165, 1.54) is 0 Å². The Labute approximate surface area is 184 Å². The van der Waals surface area contributed by atoms with Gasteiger partial charge in [-0.25, -0.2) is 8.42 Å². The van der Waals surface area contributed by atoms with E-state index < -0.39 is 10.0 Å². The van der Waals surface area contributed by atoms with Crippen molar-refractivity contribution in [1.82, 2.24) is 9.62 Å². The van der Waals surface area contributed by atoms with E-state index >= 15 is 0 Å². The smallest absolute Gasteiger partial charge is 0.235 e. The molecule has 6 nitrogen and oxygen atoms in total. The number of nitrogens with zero attached hydrogens (tertiary/aromatic N) is 1. The Balaban J connectivity index is 1.81. The highest BCUT2D eigenvalue weighted by Crippen LogP contribution is 2.18. The Morgan fingerprint density at radius 1 is 1.13 bits per heavy atom. The quantitative estimate of drug-likeness (QED) is 0.528. The van der Waals surface area contributed by atoms with Crippen LogP contribution >= 0.6 is 11.6 Å². The number of hydrogen-bond donors (Lipinski definition) is 1. The minimum atomic E-state index is -3.56. The summed E-state index contributed by atoms with van der Waals surface area (Å²) in [4.78, 5) is 12.3. The lowest BCUT2D eigenvalue weighted by molar-refractivity contribution is -0.121. The molecule has 0 aliphatic rings. The van der Waals surface area contributed by atoms with Crippen LogP contribution in [0.2, 0.25) is 5.02 Å². The van der Waals surface area contributed by atoms with Crippen molar-refractivity contribution < 1.29 is 17.9 Å². The molecule has 0 radical (unpaired) electrons. The van der Waals surface area contributed by atoms with E-state index in [0.29, 0.717) is 17.1 Å². The van der Waals surface area contributed by atoms with Crippen LogP contribution in [0.3, 0.4) is 0 Å². The molecule has 1 N–H and O–H groups in total. The van der Waals surface area contributed by atoms with Gasteiger partial charge in [0.05, 0.1) is 18.9 Å². The van der Waals surface area contributed by atoms with Crippen LogP contribution in [0.5, 0.6) is 5.75 Å². The zero-order valence-corrected chi connectivity index (χ0v) is 19.2. The molecule has 164 valence electrons. The molecule has 1 amide bonds. The van der Waals surface area contributed by atoms with Crippen molar-refractivity contribution in [3.63, 3.8) is 0 Å². The zero-order valence-electron chi connectivity index (χ0n) is 17.6. The minimum Gasteiger partial charge on any atom is -0.491 e. The van der Waals surface area contributed by atoms with Crippen LogP contribution in [-0.2, 0) is 27.8 Å². The summed E-state index contributed by atoms with van der Waals surface area (Å²) < 4.78 is 30.9. The van der Waals surface area contributed by atoms with Crippen LogP contribution in [0.1, 0.15) is 31.4 Å². The number of aryl methyl sites for hydroxylation is 1. The number of halogens is 1. The third-order valence-electron chi connectivity index (χ3n) is 4.35. The van der Waals surface area contributed by atoms with Crippen LogP contribution in [-0.4, -0.2) is 44.1 Å². The van der Waals surface area contributed by atoms with Crippen molar-refractivity contribution in [2.24, 2.45) is 0 Å². The van der Waals surface area contributed by atoms with Crippen LogP contribution in [0.25, 0.3) is 0 Å². The number of carbonyl (C=O) groups excluding carboxylic acids is 1. The molecule has 30 heavy (non-hydrogen) atoms. The molecule has 0 atom stereocenters. The molecule has 0 aromatic heterocycles. The van der Waals surface area contributed by atoms with Crippen LogP contribution in [0.15, 0.2) is 48.5 Å². The fraction of sp³-hybridized carbons (Fsp3) is 0.409. The van der Waals surface area contributed by atoms with Gasteiger partial charge >= 0.3 is 0 Å². The molecule has 8 heteroatoms. The van der Waals surface area contributed by atoms with E-state index in [1.807, 2.05) is 38.1 Å². The topological polar surface area (TPSA) is 75.7 Å². The third-order valence-corrected chi connectivity index (χ3v) is 5.92. The number of rotatable bonds is 11. The highest BCUT2D eigenvalue weighted by atomic mass is 35.5. The van der Waals surface area contributed by atoms with Gasteiger partial charge in [0.25, 0.3) is 0 Å². The summed E-state index contributed by atoms with van der Waals surface area (Å²) in [6.45, 7) is 4.24. The molecule has 2 aromatic rings. The van der Waals surface area contributed by atoms with Gasteiger partial charge in [-0.05, 0) is 56.0 Å². The van der Waals surface area contributed by atoms with Crippen LogP contribution < -0.4 is 10.1 Å². The number of carbonyl (C=O) groups is 1. The molecule has 2 aromatic carbocycles. The molecule has 2 rings (SSSR count). The highest BCUT2D eigenvalue weighted by molar-refractivity contribution is 7.88. The van der Waals surface area contributed by atoms with Crippen molar-refractivity contribution in [2.75, 3.05) is 19.3 Å². The van der Waals surface area contributed by atoms with Gasteiger partial charge in [0.1, 0.15) is 5.75 Å². The molecular weight excluding hydrogens is 424 g/mol. The first-order valence-electron chi connectivity index (χ1n) is 9.86. The largest absolute Gasteiger partial charge is 0.491 e. The summed E-state index contributed by atoms with van der Waals surface area (Å²) in [7, 11) is -3.56. The lowest BCUT2D eigenvalue weighted by Gasteiger charge is -2.20. The predicted octanol–water partition coefficient (Wildman–Crippen LogP) is 3.64. The summed E-state index contributed by atoms with van der Waals surface area (Å²) in [5.41, 5.74) is 1.80. The molecular formula is C22H29ClN2O4S. The Morgan fingerprint density at radius 2 is 1.80 bits per heavy atom. The molecule has 0 bridgehead atoms. The second-order valence-electron chi connectivity index (χ2n) is 7.39. The second-order valence-corrected chi connectivity index (χ2v) is 9.78. The van der Waals surface area contributed by atoms with Gasteiger partial charge in [-0.15, -0.1) is 0 Å². The number of ether oxygens (including phenoxy) is 1. The maximum atomic E-state index is 12.3. The number of nitrogens with one attached hydrogen (secondary N) is 1. The third kappa shape index (κ3) is 8.34. The van der Waals surface area contributed by atoms with Gasteiger partial charge in [0.2, 0.25) is 15.9 Å². The SMILES string of the molecule is CC(C)Oc1ccc(CCCNC(=O)CN(Cc2ccccc2Cl)S(C)(=O)=O)cc1. The maximum absolute atomic E-state index is 12.3. The van der Waals surface area contributed by atoms with Crippen molar-refractivity contribution in [1.29, 1.82) is 0 Å². The minimum absolute atomic E-state index is 0.0523. The van der Waals surface area contributed by atoms with Crippen molar-refractivity contribution in [3.05, 3.63) is 64.7 Å². The molecule has 0 saturated heterocycles. The first kappa shape index (κ1) is 24.2. The number of benzene rings is 2. The van der Waals surface area contributed by atoms with Gasteiger partial charge in [-0.3, -0.25) is 4.79 Å². The van der Waals surface area contributed by atoms with E-state index in [1.54, 1.807) is 24.3 Å². The fourth-order valence-corrected chi connectivity index (χ4v) is 3.77. The van der Waals surface area contributed by atoms with Crippen molar-refractivity contribution in [3.8, 4) is 5.75 Å². The fourth-order valence-electron chi connectivity index (χ4n) is 2.85. The Hall–Kier alpha value is -2.09. The van der Waals surface area contributed by atoms with Crippen LogP contribution in [0, 0.1) is 0 Å². The highest BCUT2D eigenvalue weighted by Gasteiger charge is 2.21. The molecule has 0 aliphatic heterocycles. The lowest BCUT2D eigenvalue weighted by atomic mass is 10.1. The maximum Gasteiger partial charge on any atom is 0.235 e. The summed E-state index contributed by atoms with van der Waals surface area (Å²) in [6, 6.07) is 14.9. The standard InChI is InChI=1S/C22H29ClN2O4S/c1-17(2)29-20-12-10-18(11-13-20)7-6-14-24-22(26)16-25(30(3,27)28)15-19-8-4-5-9-21(19)23/h4-5,8-13,17H,6-7,14-16H2,1-3H3,(H,24,26). The van der Waals surface area contributed by atoms with Gasteiger partial charge in [-0.2, -0.15) is 4.31 Å². The average Bonchev–Trinajstić information content (AvgIpc) is 2.66. The van der Waals surface area contributed by atoms with E-state index in [2.05, 4.69) is 5.32 Å². The predicted molar refractivity (Wildman–Crippen MR) is 120 cm³/mol. The second kappa shape index (κ2) is 11.3. The van der Waals surface area contributed by atoms with E-state index in [-0.39, 0.29) is 25.1 Å². The van der Waals surface area contributed by atoms with Gasteiger partial charge < -0.3 is 10.1 Å². The van der Waals surface area contributed by atoms with Crippen LogP contribution in [0.4, 0.5) is 0 Å². The summed E-state index contributed by atoms with van der Waals surface area (Å²) in [5, 5.41) is 3.26. The lowest BCUT2D eigenvalue weighted by Crippen LogP contribution is -2.40. The Morgan fingerprint density at radius 3 is 2.40 bits per heavy atom. The van der Waals surface area contributed by atoms with Gasteiger partial charge in [0.15, 0.2) is 0 Å². The number of hydrogen-bond acceptors (Lipinski definition) is 4. The number of sulfonamides is 1. The van der Waals surface area contributed by atoms with E-state index in [4.69, 9.17) is 16.3 Å². The monoisotopic (exact) mass is 452 g/mol. The first-order valence-corrected chi connectivity index (χ1v) is 12.1. The summed E-state index contributed by atoms with van der Waals surface area (Å²) >= 11 is 6.12. The molecule has 0 saturated carbocycles. The average molecular weight is 453 g/mol. The zero-order chi connectivity index (χ0) is 22.1. The summed E-state index contributed by atoms with van der Waals surface area (Å²) in [6.07, 6.45) is 2.77. The van der Waals surface area contributed by atoms with Crippen molar-refractivity contribution >= 4 is 27.5 Å². The Kier molecular flexibility index (Phi) is 9.14. The van der Waals surface area contributed by atoms with E-state index in [9.17, 15) is 13.2 Å². The van der Waals surface area contributed by atoms with Crippen molar-refractivity contribution in [2.45, 2.75) is 39.3 Å². The normalized spacial score (nSPS) is 11.7. The molecule has 0 aliphatic carbocycles. The molecule has 0 spiro atoms. The summed E-state index contributed by atoms with van der Waals surface area (Å²) in [5.74, 6) is 0.495. The van der Waals surface area contributed by atoms with Gasteiger partial charge in [-0.1, -0.05) is 41.9 Å².